The Morgan fingerprint density at radius 3 is 2.67 bits per heavy atom. The van der Waals surface area contributed by atoms with Gasteiger partial charge in [0.05, 0.1) is 25.3 Å². The Bertz CT molecular complexity index is 1050. The zero-order chi connectivity index (χ0) is 20.9. The van der Waals surface area contributed by atoms with Crippen LogP contribution in [0.4, 0.5) is 0 Å². The van der Waals surface area contributed by atoms with E-state index in [-0.39, 0.29) is 17.7 Å². The average molecular weight is 403 g/mol. The average Bonchev–Trinajstić information content (AvgIpc) is 2.82. The van der Waals surface area contributed by atoms with Crippen LogP contribution in [0.25, 0.3) is 10.8 Å². The second kappa shape index (κ2) is 8.95. The van der Waals surface area contributed by atoms with Crippen LogP contribution in [-0.2, 0) is 11.3 Å². The Morgan fingerprint density at radius 2 is 1.90 bits per heavy atom. The molecule has 6 nitrogen and oxygen atoms in total. The number of fused-ring (bicyclic) bond motifs is 1. The van der Waals surface area contributed by atoms with Gasteiger partial charge in [-0.1, -0.05) is 30.3 Å². The minimum Gasteiger partial charge on any atom is -0.496 e. The topological polar surface area (TPSA) is 71.5 Å². The van der Waals surface area contributed by atoms with Crippen molar-refractivity contribution in [1.29, 1.82) is 0 Å². The fourth-order valence-electron chi connectivity index (χ4n) is 4.01. The minimum atomic E-state index is -0.212. The predicted molar refractivity (Wildman–Crippen MR) is 115 cm³/mol. The molecular weight excluding hydrogens is 378 g/mol. The Morgan fingerprint density at radius 1 is 1.10 bits per heavy atom. The van der Waals surface area contributed by atoms with Gasteiger partial charge in [0.1, 0.15) is 5.75 Å². The molecule has 2 amide bonds. The van der Waals surface area contributed by atoms with E-state index in [1.807, 2.05) is 54.6 Å². The number of aromatic nitrogens is 1. The van der Waals surface area contributed by atoms with Crippen LogP contribution in [0.3, 0.4) is 0 Å². The Balaban J connectivity index is 1.47. The van der Waals surface area contributed by atoms with E-state index in [4.69, 9.17) is 4.74 Å². The summed E-state index contributed by atoms with van der Waals surface area (Å²) in [6.45, 7) is 1.48. The molecule has 1 atom stereocenters. The molecule has 0 radical (unpaired) electrons. The third-order valence-electron chi connectivity index (χ3n) is 5.58. The van der Waals surface area contributed by atoms with Crippen LogP contribution < -0.4 is 10.1 Å². The van der Waals surface area contributed by atoms with Gasteiger partial charge in [-0.15, -0.1) is 0 Å². The molecule has 154 valence electrons. The maximum atomic E-state index is 13.3. The zero-order valence-electron chi connectivity index (χ0n) is 17.0. The van der Waals surface area contributed by atoms with Crippen molar-refractivity contribution in [2.45, 2.75) is 19.4 Å². The highest BCUT2D eigenvalue weighted by atomic mass is 16.5. The number of carbonyl (C=O) groups is 2. The molecule has 3 aromatic rings. The second-order valence-electron chi connectivity index (χ2n) is 7.49. The molecule has 1 aliphatic heterocycles. The van der Waals surface area contributed by atoms with Crippen molar-refractivity contribution in [2.75, 3.05) is 20.2 Å². The van der Waals surface area contributed by atoms with Crippen molar-refractivity contribution in [1.82, 2.24) is 15.2 Å². The van der Waals surface area contributed by atoms with Gasteiger partial charge in [0.2, 0.25) is 5.91 Å². The van der Waals surface area contributed by atoms with Crippen LogP contribution in [0.15, 0.2) is 60.8 Å². The van der Waals surface area contributed by atoms with Gasteiger partial charge in [-0.2, -0.15) is 0 Å². The summed E-state index contributed by atoms with van der Waals surface area (Å²) < 4.78 is 5.44. The molecule has 4 rings (SSSR count). The number of hydrogen-bond donors (Lipinski definition) is 1. The number of pyridine rings is 1. The maximum absolute atomic E-state index is 13.3. The smallest absolute Gasteiger partial charge is 0.254 e. The van der Waals surface area contributed by atoms with Gasteiger partial charge in [0.25, 0.3) is 5.91 Å². The van der Waals surface area contributed by atoms with Gasteiger partial charge < -0.3 is 15.0 Å². The number of hydrogen-bond acceptors (Lipinski definition) is 4. The summed E-state index contributed by atoms with van der Waals surface area (Å²) in [6.07, 6.45) is 3.30. The molecule has 30 heavy (non-hydrogen) atoms. The number of piperidine rings is 1. The van der Waals surface area contributed by atoms with E-state index in [0.29, 0.717) is 25.2 Å². The first kappa shape index (κ1) is 19.9. The summed E-state index contributed by atoms with van der Waals surface area (Å²) in [7, 11) is 1.63. The number of nitrogens with zero attached hydrogens (tertiary/aromatic N) is 2. The van der Waals surface area contributed by atoms with Crippen molar-refractivity contribution < 1.29 is 14.3 Å². The van der Waals surface area contributed by atoms with E-state index < -0.39 is 0 Å². The van der Waals surface area contributed by atoms with Gasteiger partial charge in [0.15, 0.2) is 0 Å². The van der Waals surface area contributed by atoms with Crippen LogP contribution in [-0.4, -0.2) is 41.9 Å². The number of rotatable bonds is 5. The number of methoxy groups -OCH3 is 1. The van der Waals surface area contributed by atoms with Crippen LogP contribution in [0.2, 0.25) is 0 Å². The summed E-state index contributed by atoms with van der Waals surface area (Å²) in [4.78, 5) is 32.0. The van der Waals surface area contributed by atoms with Gasteiger partial charge in [0, 0.05) is 30.2 Å². The van der Waals surface area contributed by atoms with Crippen LogP contribution in [0.5, 0.6) is 5.75 Å². The molecular formula is C24H25N3O3. The van der Waals surface area contributed by atoms with E-state index in [0.717, 1.165) is 35.1 Å². The summed E-state index contributed by atoms with van der Waals surface area (Å²) in [6, 6.07) is 17.0. The summed E-state index contributed by atoms with van der Waals surface area (Å²) >= 11 is 0. The standard InChI is InChI=1S/C24H25N3O3/c1-30-22-12-11-21(19-9-2-3-10-20(19)22)24(29)27-14-6-7-17(16-27)23(28)26-15-18-8-4-5-13-25-18/h2-5,8-13,17H,6-7,14-16H2,1H3,(H,26,28)/t17-/m1/s1. The second-order valence-corrected chi connectivity index (χ2v) is 7.49. The highest BCUT2D eigenvalue weighted by Gasteiger charge is 2.29. The quantitative estimate of drug-likeness (QED) is 0.709. The Kier molecular flexibility index (Phi) is 5.93. The first-order valence-corrected chi connectivity index (χ1v) is 10.2. The number of ether oxygens (including phenoxy) is 1. The van der Waals surface area contributed by atoms with E-state index in [9.17, 15) is 9.59 Å². The van der Waals surface area contributed by atoms with E-state index >= 15 is 0 Å². The van der Waals surface area contributed by atoms with E-state index in [1.54, 1.807) is 18.2 Å². The largest absolute Gasteiger partial charge is 0.496 e. The lowest BCUT2D eigenvalue weighted by Crippen LogP contribution is -2.45. The lowest BCUT2D eigenvalue weighted by molar-refractivity contribution is -0.126. The van der Waals surface area contributed by atoms with Gasteiger partial charge in [-0.05, 0) is 42.5 Å². The number of carbonyl (C=O) groups excluding carboxylic acids is 2. The fraction of sp³-hybridized carbons (Fsp3) is 0.292. The number of nitrogens with one attached hydrogen (secondary N) is 1. The van der Waals surface area contributed by atoms with Crippen LogP contribution in [0, 0.1) is 5.92 Å². The highest BCUT2D eigenvalue weighted by molar-refractivity contribution is 6.08. The molecule has 0 spiro atoms. The minimum absolute atomic E-state index is 0.0299. The number of amides is 2. The number of benzene rings is 2. The van der Waals surface area contributed by atoms with Gasteiger partial charge >= 0.3 is 0 Å². The Hall–Kier alpha value is -3.41. The first-order chi connectivity index (χ1) is 14.7. The normalized spacial score (nSPS) is 16.3. The zero-order valence-corrected chi connectivity index (χ0v) is 17.0. The third-order valence-corrected chi connectivity index (χ3v) is 5.58. The van der Waals surface area contributed by atoms with Crippen molar-refractivity contribution in [3.63, 3.8) is 0 Å². The molecule has 1 N–H and O–H groups in total. The third kappa shape index (κ3) is 4.13. The molecule has 0 bridgehead atoms. The summed E-state index contributed by atoms with van der Waals surface area (Å²) in [5.41, 5.74) is 1.46. The van der Waals surface area contributed by atoms with Crippen LogP contribution in [0.1, 0.15) is 28.9 Å². The molecule has 0 saturated carbocycles. The Labute approximate surface area is 175 Å². The van der Waals surface area contributed by atoms with Crippen LogP contribution >= 0.6 is 0 Å². The SMILES string of the molecule is COc1ccc(C(=O)N2CCC[C@@H](C(=O)NCc3ccccn3)C2)c2ccccc12. The molecule has 6 heteroatoms. The van der Waals surface area contributed by atoms with Crippen molar-refractivity contribution in [3.05, 3.63) is 72.1 Å². The van der Waals surface area contributed by atoms with E-state index in [1.165, 1.54) is 0 Å². The molecule has 2 aromatic carbocycles. The molecule has 1 aliphatic rings. The molecule has 2 heterocycles. The molecule has 1 aromatic heterocycles. The monoisotopic (exact) mass is 403 g/mol. The first-order valence-electron chi connectivity index (χ1n) is 10.2. The molecule has 1 saturated heterocycles. The highest BCUT2D eigenvalue weighted by Crippen LogP contribution is 2.30. The number of likely N-dealkylation sites (tertiary alicyclic amines) is 1. The van der Waals surface area contributed by atoms with Gasteiger partial charge in [-0.3, -0.25) is 14.6 Å². The van der Waals surface area contributed by atoms with Crippen molar-refractivity contribution in [2.24, 2.45) is 5.92 Å². The lowest BCUT2D eigenvalue weighted by atomic mass is 9.95. The predicted octanol–water partition coefficient (Wildman–Crippen LogP) is 3.41. The molecule has 1 fully saturated rings. The van der Waals surface area contributed by atoms with Gasteiger partial charge in [-0.25, -0.2) is 0 Å². The maximum Gasteiger partial charge on any atom is 0.254 e. The molecule has 0 unspecified atom stereocenters. The van der Waals surface area contributed by atoms with Crippen molar-refractivity contribution >= 4 is 22.6 Å². The van der Waals surface area contributed by atoms with E-state index in [2.05, 4.69) is 10.3 Å². The fourth-order valence-corrected chi connectivity index (χ4v) is 4.01. The molecule has 0 aliphatic carbocycles. The summed E-state index contributed by atoms with van der Waals surface area (Å²) in [5, 5.41) is 4.73. The van der Waals surface area contributed by atoms with Crippen molar-refractivity contribution in [3.8, 4) is 5.75 Å². The lowest BCUT2D eigenvalue weighted by Gasteiger charge is -2.32. The summed E-state index contributed by atoms with van der Waals surface area (Å²) in [5.74, 6) is 0.456.